The molecule has 0 aliphatic heterocycles. The average Bonchev–Trinajstić information content (AvgIpc) is 2.58. The van der Waals surface area contributed by atoms with Crippen molar-refractivity contribution in [3.05, 3.63) is 29.8 Å². The second-order valence-electron chi connectivity index (χ2n) is 7.81. The molecule has 0 aliphatic rings. The highest BCUT2D eigenvalue weighted by Crippen LogP contribution is 2.24. The van der Waals surface area contributed by atoms with Crippen LogP contribution in [0.25, 0.3) is 0 Å². The number of rotatable bonds is 10. The number of carbonyl (C=O) groups is 3. The number of hydrogen-bond acceptors (Lipinski definition) is 5. The van der Waals surface area contributed by atoms with Crippen LogP contribution in [0.1, 0.15) is 32.8 Å². The quantitative estimate of drug-likeness (QED) is 0.561. The van der Waals surface area contributed by atoms with Crippen LogP contribution in [-0.2, 0) is 20.7 Å². The number of carboxylic acid groups (broad SMARTS) is 2. The summed E-state index contributed by atoms with van der Waals surface area (Å²) in [6.45, 7) is 2.31. The standard InChI is InChI=1S/C20H26F3NO7/c1-19(2,3)31-18(29)24(12-20(21,22)23)8-9-30-15-7-5-4-6-13(15)10-14(17(27)28)11-16(25)26/h4-7,14H,8-12H2,1-3H3,(H,25,26)(H,27,28). The van der Waals surface area contributed by atoms with Crippen LogP contribution in [0, 0.1) is 5.92 Å². The Morgan fingerprint density at radius 1 is 1.10 bits per heavy atom. The van der Waals surface area contributed by atoms with E-state index < -0.39 is 55.2 Å². The largest absolute Gasteiger partial charge is 0.491 e. The first-order valence-corrected chi connectivity index (χ1v) is 9.38. The van der Waals surface area contributed by atoms with Gasteiger partial charge in [-0.05, 0) is 38.8 Å². The fraction of sp³-hybridized carbons (Fsp3) is 0.550. The van der Waals surface area contributed by atoms with Crippen LogP contribution >= 0.6 is 0 Å². The van der Waals surface area contributed by atoms with Crippen molar-refractivity contribution >= 4 is 18.0 Å². The Labute approximate surface area is 177 Å². The number of halogens is 3. The maximum absolute atomic E-state index is 12.8. The third-order valence-electron chi connectivity index (χ3n) is 3.85. The Hall–Kier alpha value is -2.98. The van der Waals surface area contributed by atoms with Gasteiger partial charge in [0, 0.05) is 0 Å². The van der Waals surface area contributed by atoms with Crippen LogP contribution in [-0.4, -0.2) is 64.6 Å². The van der Waals surface area contributed by atoms with Crippen LogP contribution in [0.4, 0.5) is 18.0 Å². The van der Waals surface area contributed by atoms with Crippen LogP contribution in [0.2, 0.25) is 0 Å². The molecule has 0 heterocycles. The van der Waals surface area contributed by atoms with Gasteiger partial charge in [0.1, 0.15) is 24.5 Å². The molecular weight excluding hydrogens is 423 g/mol. The first-order chi connectivity index (χ1) is 14.2. The Morgan fingerprint density at radius 3 is 2.23 bits per heavy atom. The summed E-state index contributed by atoms with van der Waals surface area (Å²) in [7, 11) is 0. The topological polar surface area (TPSA) is 113 Å². The van der Waals surface area contributed by atoms with Gasteiger partial charge in [0.25, 0.3) is 0 Å². The molecule has 0 aliphatic carbocycles. The van der Waals surface area contributed by atoms with Crippen LogP contribution < -0.4 is 4.74 Å². The first kappa shape index (κ1) is 26.1. The number of benzene rings is 1. The number of ether oxygens (including phenoxy) is 2. The minimum atomic E-state index is -4.64. The molecule has 1 atom stereocenters. The minimum absolute atomic E-state index is 0.143. The maximum Gasteiger partial charge on any atom is 0.410 e. The Kier molecular flexibility index (Phi) is 9.14. The normalized spacial score (nSPS) is 12.7. The molecule has 0 aromatic heterocycles. The fourth-order valence-electron chi connectivity index (χ4n) is 2.58. The summed E-state index contributed by atoms with van der Waals surface area (Å²) in [5, 5.41) is 18.1. The minimum Gasteiger partial charge on any atom is -0.491 e. The van der Waals surface area contributed by atoms with Gasteiger partial charge in [0.15, 0.2) is 0 Å². The smallest absolute Gasteiger partial charge is 0.410 e. The van der Waals surface area contributed by atoms with Gasteiger partial charge < -0.3 is 19.7 Å². The molecule has 8 nitrogen and oxygen atoms in total. The number of para-hydroxylation sites is 1. The van der Waals surface area contributed by atoms with Crippen molar-refractivity contribution in [2.75, 3.05) is 19.7 Å². The molecule has 0 saturated heterocycles. The zero-order valence-corrected chi connectivity index (χ0v) is 17.4. The summed E-state index contributed by atoms with van der Waals surface area (Å²) < 4.78 is 49.0. The molecule has 1 aromatic rings. The maximum atomic E-state index is 12.8. The molecule has 0 fully saturated rings. The molecule has 2 N–H and O–H groups in total. The monoisotopic (exact) mass is 449 g/mol. The highest BCUT2D eigenvalue weighted by Gasteiger charge is 2.35. The molecule has 1 unspecified atom stereocenters. The Bertz CT molecular complexity index is 775. The number of carbonyl (C=O) groups excluding carboxylic acids is 1. The highest BCUT2D eigenvalue weighted by molar-refractivity contribution is 5.78. The molecule has 0 saturated carbocycles. The fourth-order valence-corrected chi connectivity index (χ4v) is 2.58. The molecule has 31 heavy (non-hydrogen) atoms. The van der Waals surface area contributed by atoms with Gasteiger partial charge in [0.2, 0.25) is 0 Å². The van der Waals surface area contributed by atoms with E-state index >= 15 is 0 Å². The van der Waals surface area contributed by atoms with E-state index in [4.69, 9.17) is 14.6 Å². The summed E-state index contributed by atoms with van der Waals surface area (Å²) in [6.07, 6.45) is -6.52. The molecule has 1 rings (SSSR count). The molecular formula is C20H26F3NO7. The molecule has 1 aromatic carbocycles. The Morgan fingerprint density at radius 2 is 1.71 bits per heavy atom. The van der Waals surface area contributed by atoms with Crippen molar-refractivity contribution in [2.24, 2.45) is 5.92 Å². The molecule has 0 spiro atoms. The van der Waals surface area contributed by atoms with E-state index in [0.29, 0.717) is 10.5 Å². The number of hydrogen-bond donors (Lipinski definition) is 2. The van der Waals surface area contributed by atoms with Crippen LogP contribution in [0.5, 0.6) is 5.75 Å². The van der Waals surface area contributed by atoms with Gasteiger partial charge in [-0.1, -0.05) is 18.2 Å². The van der Waals surface area contributed by atoms with E-state index in [1.54, 1.807) is 12.1 Å². The molecule has 0 radical (unpaired) electrons. The number of alkyl halides is 3. The van der Waals surface area contributed by atoms with E-state index in [2.05, 4.69) is 0 Å². The number of amides is 1. The lowest BCUT2D eigenvalue weighted by Gasteiger charge is -2.28. The average molecular weight is 449 g/mol. The highest BCUT2D eigenvalue weighted by atomic mass is 19.4. The Balaban J connectivity index is 2.87. The van der Waals surface area contributed by atoms with Crippen molar-refractivity contribution in [1.82, 2.24) is 4.90 Å². The third kappa shape index (κ3) is 10.6. The van der Waals surface area contributed by atoms with E-state index in [1.165, 1.54) is 32.9 Å². The van der Waals surface area contributed by atoms with Crippen molar-refractivity contribution in [3.63, 3.8) is 0 Å². The predicted octanol–water partition coefficient (Wildman–Crippen LogP) is 3.58. The number of carboxylic acids is 2. The van der Waals surface area contributed by atoms with Gasteiger partial charge in [-0.2, -0.15) is 13.2 Å². The second-order valence-corrected chi connectivity index (χ2v) is 7.81. The second kappa shape index (κ2) is 10.9. The molecule has 174 valence electrons. The van der Waals surface area contributed by atoms with Crippen molar-refractivity contribution in [1.29, 1.82) is 0 Å². The predicted molar refractivity (Wildman–Crippen MR) is 103 cm³/mol. The lowest BCUT2D eigenvalue weighted by atomic mass is 9.96. The van der Waals surface area contributed by atoms with Gasteiger partial charge in [-0.3, -0.25) is 14.5 Å². The van der Waals surface area contributed by atoms with Gasteiger partial charge >= 0.3 is 24.2 Å². The van der Waals surface area contributed by atoms with Crippen molar-refractivity contribution < 1.29 is 47.2 Å². The summed E-state index contributed by atoms with van der Waals surface area (Å²) in [5.41, 5.74) is -0.597. The van der Waals surface area contributed by atoms with Crippen molar-refractivity contribution in [3.8, 4) is 5.75 Å². The zero-order valence-electron chi connectivity index (χ0n) is 17.4. The first-order valence-electron chi connectivity index (χ1n) is 9.38. The molecule has 0 bridgehead atoms. The van der Waals surface area contributed by atoms with Crippen LogP contribution in [0.15, 0.2) is 24.3 Å². The van der Waals surface area contributed by atoms with Crippen LogP contribution in [0.3, 0.4) is 0 Å². The summed E-state index contributed by atoms with van der Waals surface area (Å²) >= 11 is 0. The zero-order chi connectivity index (χ0) is 23.8. The number of nitrogens with zero attached hydrogens (tertiary/aromatic N) is 1. The van der Waals surface area contributed by atoms with E-state index in [1.807, 2.05) is 0 Å². The summed E-state index contributed by atoms with van der Waals surface area (Å²) in [5.74, 6) is -3.58. The van der Waals surface area contributed by atoms with Crippen molar-refractivity contribution in [2.45, 2.75) is 45.4 Å². The third-order valence-corrected chi connectivity index (χ3v) is 3.85. The van der Waals surface area contributed by atoms with E-state index in [0.717, 1.165) is 0 Å². The lowest BCUT2D eigenvalue weighted by molar-refractivity contribution is -0.148. The summed E-state index contributed by atoms with van der Waals surface area (Å²) in [6, 6.07) is 6.19. The van der Waals surface area contributed by atoms with E-state index in [-0.39, 0.29) is 18.8 Å². The van der Waals surface area contributed by atoms with E-state index in [9.17, 15) is 32.7 Å². The van der Waals surface area contributed by atoms with Gasteiger partial charge in [0.05, 0.1) is 18.9 Å². The van der Waals surface area contributed by atoms with Gasteiger partial charge in [-0.15, -0.1) is 0 Å². The molecule has 11 heteroatoms. The SMILES string of the molecule is CC(C)(C)OC(=O)N(CCOc1ccccc1CC(CC(=O)O)C(=O)O)CC(F)(F)F. The summed E-state index contributed by atoms with van der Waals surface area (Å²) in [4.78, 5) is 34.8. The molecule has 1 amide bonds. The lowest BCUT2D eigenvalue weighted by Crippen LogP contribution is -2.44. The number of aliphatic carboxylic acids is 2. The van der Waals surface area contributed by atoms with Gasteiger partial charge in [-0.25, -0.2) is 4.79 Å².